The molecule has 0 spiro atoms. The van der Waals surface area contributed by atoms with E-state index in [9.17, 15) is 19.5 Å². The van der Waals surface area contributed by atoms with Gasteiger partial charge >= 0.3 is 5.97 Å². The molecule has 2 atom stereocenters. The molecule has 2 N–H and O–H groups in total. The Bertz CT molecular complexity index is 335. The molecule has 1 amide bonds. The summed E-state index contributed by atoms with van der Waals surface area (Å²) in [4.78, 5) is 34.2. The quantitative estimate of drug-likeness (QED) is 0.656. The lowest BCUT2D eigenvalue weighted by molar-refractivity contribution is -0.163. The van der Waals surface area contributed by atoms with Crippen LogP contribution in [0.2, 0.25) is 0 Å². The standard InChI is InChI=1S/C12H21NO5/c1-7(2)10(8(3)14)13-9(15)6-12(4,17)11(16)18-5/h7,10,17H,6H2,1-5H3,(H,13,15). The van der Waals surface area contributed by atoms with E-state index in [2.05, 4.69) is 10.1 Å². The van der Waals surface area contributed by atoms with Gasteiger partial charge in [0.2, 0.25) is 5.91 Å². The molecule has 2 unspecified atom stereocenters. The summed E-state index contributed by atoms with van der Waals surface area (Å²) in [5.41, 5.74) is -1.89. The van der Waals surface area contributed by atoms with Gasteiger partial charge in [-0.15, -0.1) is 0 Å². The molecule has 0 aliphatic heterocycles. The Morgan fingerprint density at radius 3 is 2.17 bits per heavy atom. The lowest BCUT2D eigenvalue weighted by Crippen LogP contribution is -2.48. The third kappa shape index (κ3) is 4.83. The van der Waals surface area contributed by atoms with Crippen molar-refractivity contribution >= 4 is 17.7 Å². The molecule has 18 heavy (non-hydrogen) atoms. The van der Waals surface area contributed by atoms with Crippen molar-refractivity contribution in [1.29, 1.82) is 0 Å². The van der Waals surface area contributed by atoms with E-state index in [1.165, 1.54) is 13.8 Å². The van der Waals surface area contributed by atoms with E-state index >= 15 is 0 Å². The van der Waals surface area contributed by atoms with E-state index < -0.39 is 29.9 Å². The highest BCUT2D eigenvalue weighted by molar-refractivity contribution is 5.91. The summed E-state index contributed by atoms with van der Waals surface area (Å²) in [6, 6.07) is -0.619. The number of esters is 1. The predicted octanol–water partition coefficient (Wildman–Crippen LogP) is 0.0303. The molecular formula is C12H21NO5. The van der Waals surface area contributed by atoms with Crippen molar-refractivity contribution in [3.63, 3.8) is 0 Å². The summed E-state index contributed by atoms with van der Waals surface area (Å²) in [6.07, 6.45) is -0.448. The zero-order valence-corrected chi connectivity index (χ0v) is 11.4. The second-order valence-electron chi connectivity index (χ2n) is 4.84. The molecular weight excluding hydrogens is 238 g/mol. The molecule has 0 aromatic rings. The molecule has 0 saturated carbocycles. The molecule has 0 saturated heterocycles. The SMILES string of the molecule is COC(=O)C(C)(O)CC(=O)NC(C(C)=O)C(C)C. The first-order chi connectivity index (χ1) is 8.11. The summed E-state index contributed by atoms with van der Waals surface area (Å²) in [6.45, 7) is 6.16. The summed E-state index contributed by atoms with van der Waals surface area (Å²) in [7, 11) is 1.13. The Morgan fingerprint density at radius 1 is 1.33 bits per heavy atom. The van der Waals surface area contributed by atoms with Crippen LogP contribution in [0, 0.1) is 5.92 Å². The number of ether oxygens (including phenoxy) is 1. The van der Waals surface area contributed by atoms with Crippen molar-refractivity contribution in [1.82, 2.24) is 5.32 Å². The minimum atomic E-state index is -1.89. The lowest BCUT2D eigenvalue weighted by atomic mass is 9.98. The molecule has 6 heteroatoms. The summed E-state index contributed by atoms with van der Waals surface area (Å²) in [5, 5.41) is 12.2. The Hall–Kier alpha value is -1.43. The Morgan fingerprint density at radius 2 is 1.83 bits per heavy atom. The number of amides is 1. The van der Waals surface area contributed by atoms with Crippen LogP contribution in [0.3, 0.4) is 0 Å². The van der Waals surface area contributed by atoms with Gasteiger partial charge in [0.25, 0.3) is 0 Å². The van der Waals surface area contributed by atoms with E-state index in [4.69, 9.17) is 0 Å². The zero-order valence-electron chi connectivity index (χ0n) is 11.4. The Kier molecular flexibility index (Phi) is 5.97. The van der Waals surface area contributed by atoms with E-state index in [1.54, 1.807) is 13.8 Å². The van der Waals surface area contributed by atoms with E-state index in [0.717, 1.165) is 7.11 Å². The van der Waals surface area contributed by atoms with Crippen molar-refractivity contribution in [3.05, 3.63) is 0 Å². The smallest absolute Gasteiger partial charge is 0.338 e. The molecule has 104 valence electrons. The van der Waals surface area contributed by atoms with Gasteiger partial charge < -0.3 is 15.2 Å². The molecule has 0 heterocycles. The maximum Gasteiger partial charge on any atom is 0.338 e. The number of aliphatic hydroxyl groups is 1. The van der Waals surface area contributed by atoms with Crippen LogP contribution in [-0.4, -0.2) is 41.5 Å². The van der Waals surface area contributed by atoms with Gasteiger partial charge in [-0.05, 0) is 19.8 Å². The number of hydrogen-bond acceptors (Lipinski definition) is 5. The maximum absolute atomic E-state index is 11.7. The van der Waals surface area contributed by atoms with Gasteiger partial charge in [-0.25, -0.2) is 4.79 Å². The number of carbonyl (C=O) groups is 3. The largest absolute Gasteiger partial charge is 0.467 e. The summed E-state index contributed by atoms with van der Waals surface area (Å²) >= 11 is 0. The van der Waals surface area contributed by atoms with Gasteiger partial charge in [0, 0.05) is 0 Å². The first-order valence-electron chi connectivity index (χ1n) is 5.72. The molecule has 0 aromatic carbocycles. The van der Waals surface area contributed by atoms with Crippen LogP contribution in [-0.2, 0) is 19.1 Å². The molecule has 0 fully saturated rings. The fourth-order valence-electron chi connectivity index (χ4n) is 1.57. The fraction of sp³-hybridized carbons (Fsp3) is 0.750. The first-order valence-corrected chi connectivity index (χ1v) is 5.72. The van der Waals surface area contributed by atoms with Crippen LogP contribution < -0.4 is 5.32 Å². The monoisotopic (exact) mass is 259 g/mol. The number of ketones is 1. The van der Waals surface area contributed by atoms with Crippen LogP contribution in [0.5, 0.6) is 0 Å². The van der Waals surface area contributed by atoms with Crippen molar-refractivity contribution in [2.24, 2.45) is 5.92 Å². The van der Waals surface area contributed by atoms with Gasteiger partial charge in [0.1, 0.15) is 0 Å². The van der Waals surface area contributed by atoms with Gasteiger partial charge in [0.05, 0.1) is 19.6 Å². The van der Waals surface area contributed by atoms with Crippen LogP contribution >= 0.6 is 0 Å². The lowest BCUT2D eigenvalue weighted by Gasteiger charge is -2.23. The number of hydrogen-bond donors (Lipinski definition) is 2. The average molecular weight is 259 g/mol. The molecule has 0 aliphatic rings. The van der Waals surface area contributed by atoms with Crippen molar-refractivity contribution in [2.45, 2.75) is 45.8 Å². The Balaban J connectivity index is 4.60. The molecule has 0 rings (SSSR count). The molecule has 6 nitrogen and oxygen atoms in total. The number of carbonyl (C=O) groups excluding carboxylic acids is 3. The highest BCUT2D eigenvalue weighted by Crippen LogP contribution is 2.12. The third-order valence-electron chi connectivity index (χ3n) is 2.55. The maximum atomic E-state index is 11.7. The van der Waals surface area contributed by atoms with Crippen LogP contribution in [0.15, 0.2) is 0 Å². The number of nitrogens with one attached hydrogen (secondary N) is 1. The molecule has 0 aromatic heterocycles. The van der Waals surface area contributed by atoms with Crippen molar-refractivity contribution < 1.29 is 24.2 Å². The highest BCUT2D eigenvalue weighted by atomic mass is 16.5. The van der Waals surface area contributed by atoms with Gasteiger partial charge in [-0.1, -0.05) is 13.8 Å². The minimum Gasteiger partial charge on any atom is -0.467 e. The average Bonchev–Trinajstić information content (AvgIpc) is 2.23. The number of methoxy groups -OCH3 is 1. The molecule has 0 radical (unpaired) electrons. The van der Waals surface area contributed by atoms with Gasteiger partial charge in [0.15, 0.2) is 11.4 Å². The fourth-order valence-corrected chi connectivity index (χ4v) is 1.57. The number of Topliss-reactive ketones (excluding diaryl/α,β-unsaturated/α-hetero) is 1. The zero-order chi connectivity index (χ0) is 14.5. The van der Waals surface area contributed by atoms with E-state index in [1.807, 2.05) is 0 Å². The minimum absolute atomic E-state index is 0.0606. The third-order valence-corrected chi connectivity index (χ3v) is 2.55. The number of rotatable bonds is 6. The Labute approximate surface area is 107 Å². The van der Waals surface area contributed by atoms with Crippen molar-refractivity contribution in [2.75, 3.05) is 7.11 Å². The summed E-state index contributed by atoms with van der Waals surface area (Å²) in [5.74, 6) is -1.69. The normalized spacial score (nSPS) is 15.7. The second kappa shape index (κ2) is 6.49. The summed E-state index contributed by atoms with van der Waals surface area (Å²) < 4.78 is 4.38. The molecule has 0 bridgehead atoms. The first kappa shape index (κ1) is 16.6. The van der Waals surface area contributed by atoms with Crippen molar-refractivity contribution in [3.8, 4) is 0 Å². The van der Waals surface area contributed by atoms with Gasteiger partial charge in [-0.2, -0.15) is 0 Å². The second-order valence-corrected chi connectivity index (χ2v) is 4.84. The van der Waals surface area contributed by atoms with E-state index in [0.29, 0.717) is 0 Å². The van der Waals surface area contributed by atoms with Crippen LogP contribution in [0.1, 0.15) is 34.1 Å². The van der Waals surface area contributed by atoms with Crippen LogP contribution in [0.4, 0.5) is 0 Å². The van der Waals surface area contributed by atoms with Gasteiger partial charge in [-0.3, -0.25) is 9.59 Å². The highest BCUT2D eigenvalue weighted by Gasteiger charge is 2.35. The predicted molar refractivity (Wildman–Crippen MR) is 64.7 cm³/mol. The molecule has 0 aliphatic carbocycles. The topological polar surface area (TPSA) is 92.7 Å². The van der Waals surface area contributed by atoms with E-state index in [-0.39, 0.29) is 11.7 Å². The van der Waals surface area contributed by atoms with Crippen LogP contribution in [0.25, 0.3) is 0 Å².